The average molecular weight is 247 g/mol. The maximum atomic E-state index is 11.1. The Labute approximate surface area is 104 Å². The molecule has 0 amide bonds. The lowest BCUT2D eigenvalue weighted by atomic mass is 10.2. The average Bonchev–Trinajstić information content (AvgIpc) is 2.67. The van der Waals surface area contributed by atoms with Crippen molar-refractivity contribution in [1.82, 2.24) is 9.78 Å². The van der Waals surface area contributed by atoms with Gasteiger partial charge in [-0.3, -0.25) is 10.1 Å². The van der Waals surface area contributed by atoms with E-state index in [2.05, 4.69) is 5.10 Å². The maximum Gasteiger partial charge on any atom is 0.295 e. The number of aromatic nitrogens is 2. The van der Waals surface area contributed by atoms with Gasteiger partial charge in [-0.1, -0.05) is 6.07 Å². The summed E-state index contributed by atoms with van der Waals surface area (Å²) in [4.78, 5) is 10.6. The minimum atomic E-state index is -0.467. The summed E-state index contributed by atoms with van der Waals surface area (Å²) in [6, 6.07) is 6.47. The number of aliphatic hydroxyl groups excluding tert-OH is 1. The molecule has 0 atom stereocenters. The van der Waals surface area contributed by atoms with Gasteiger partial charge in [0.05, 0.1) is 17.2 Å². The molecule has 18 heavy (non-hydrogen) atoms. The van der Waals surface area contributed by atoms with Gasteiger partial charge in [-0.05, 0) is 31.5 Å². The van der Waals surface area contributed by atoms with Crippen LogP contribution in [0.1, 0.15) is 17.0 Å². The van der Waals surface area contributed by atoms with E-state index in [0.29, 0.717) is 11.3 Å². The van der Waals surface area contributed by atoms with Gasteiger partial charge in [0.15, 0.2) is 0 Å². The van der Waals surface area contributed by atoms with Gasteiger partial charge in [-0.15, -0.1) is 0 Å². The Morgan fingerprint density at radius 3 is 2.61 bits per heavy atom. The highest BCUT2D eigenvalue weighted by Gasteiger charge is 2.18. The first kappa shape index (κ1) is 12.3. The van der Waals surface area contributed by atoms with E-state index in [1.54, 1.807) is 12.1 Å². The summed E-state index contributed by atoms with van der Waals surface area (Å²) in [6.07, 6.45) is 0. The monoisotopic (exact) mass is 247 g/mol. The van der Waals surface area contributed by atoms with Crippen molar-refractivity contribution in [2.45, 2.75) is 20.5 Å². The third-order valence-corrected chi connectivity index (χ3v) is 2.66. The topological polar surface area (TPSA) is 81.2 Å². The minimum Gasteiger partial charge on any atom is -0.392 e. The Balaban J connectivity index is 2.63. The summed E-state index contributed by atoms with van der Waals surface area (Å²) < 4.78 is 1.54. The molecule has 0 fully saturated rings. The Morgan fingerprint density at radius 1 is 1.39 bits per heavy atom. The number of nitrogens with zero attached hydrogens (tertiary/aromatic N) is 3. The van der Waals surface area contributed by atoms with Crippen LogP contribution in [0.2, 0.25) is 0 Å². The van der Waals surface area contributed by atoms with Crippen molar-refractivity contribution in [2.24, 2.45) is 0 Å². The lowest BCUT2D eigenvalue weighted by Gasteiger charge is -2.06. The second kappa shape index (κ2) is 4.58. The SMILES string of the molecule is Cc1cc(C)n(-c2ccc(CO)cc2[N+](=O)[O-])n1. The van der Waals surface area contributed by atoms with Crippen molar-refractivity contribution >= 4 is 5.69 Å². The van der Waals surface area contributed by atoms with Gasteiger partial charge in [-0.2, -0.15) is 5.10 Å². The van der Waals surface area contributed by atoms with Crippen molar-refractivity contribution in [2.75, 3.05) is 0 Å². The van der Waals surface area contributed by atoms with Gasteiger partial charge in [0.25, 0.3) is 5.69 Å². The number of rotatable bonds is 3. The van der Waals surface area contributed by atoms with Gasteiger partial charge in [0.2, 0.25) is 0 Å². The number of nitro benzene ring substituents is 1. The number of benzene rings is 1. The molecule has 2 aromatic rings. The van der Waals surface area contributed by atoms with E-state index in [1.807, 2.05) is 19.9 Å². The molecular formula is C12H13N3O3. The molecule has 1 heterocycles. The van der Waals surface area contributed by atoms with Crippen LogP contribution < -0.4 is 0 Å². The van der Waals surface area contributed by atoms with Crippen LogP contribution in [0.5, 0.6) is 0 Å². The van der Waals surface area contributed by atoms with Gasteiger partial charge in [0.1, 0.15) is 5.69 Å². The Bertz CT molecular complexity index is 605. The largest absolute Gasteiger partial charge is 0.392 e. The molecule has 1 aromatic carbocycles. The van der Waals surface area contributed by atoms with Crippen LogP contribution in [0.4, 0.5) is 5.69 Å². The van der Waals surface area contributed by atoms with Crippen LogP contribution in [0.15, 0.2) is 24.3 Å². The third kappa shape index (κ3) is 2.10. The zero-order valence-corrected chi connectivity index (χ0v) is 10.1. The maximum absolute atomic E-state index is 11.1. The zero-order valence-electron chi connectivity index (χ0n) is 10.1. The molecule has 0 spiro atoms. The third-order valence-electron chi connectivity index (χ3n) is 2.66. The van der Waals surface area contributed by atoms with E-state index in [4.69, 9.17) is 5.11 Å². The predicted molar refractivity (Wildman–Crippen MR) is 65.6 cm³/mol. The number of hydrogen-bond donors (Lipinski definition) is 1. The summed E-state index contributed by atoms with van der Waals surface area (Å²) in [5.41, 5.74) is 2.47. The van der Waals surface area contributed by atoms with Crippen LogP contribution in [-0.4, -0.2) is 19.8 Å². The molecular weight excluding hydrogens is 234 g/mol. The molecule has 0 unspecified atom stereocenters. The van der Waals surface area contributed by atoms with E-state index in [1.165, 1.54) is 10.7 Å². The normalized spacial score (nSPS) is 10.6. The van der Waals surface area contributed by atoms with Gasteiger partial charge in [-0.25, -0.2) is 4.68 Å². The highest BCUT2D eigenvalue weighted by atomic mass is 16.6. The summed E-state index contributed by atoms with van der Waals surface area (Å²) >= 11 is 0. The highest BCUT2D eigenvalue weighted by molar-refractivity contribution is 5.54. The number of aliphatic hydroxyl groups is 1. The number of hydrogen-bond acceptors (Lipinski definition) is 4. The smallest absolute Gasteiger partial charge is 0.295 e. The molecule has 0 aliphatic heterocycles. The summed E-state index contributed by atoms with van der Waals surface area (Å²) in [5, 5.41) is 24.3. The van der Waals surface area contributed by atoms with Crippen molar-refractivity contribution in [3.05, 3.63) is 51.3 Å². The van der Waals surface area contributed by atoms with Crippen molar-refractivity contribution in [3.8, 4) is 5.69 Å². The summed E-state index contributed by atoms with van der Waals surface area (Å²) in [5.74, 6) is 0. The van der Waals surface area contributed by atoms with Crippen LogP contribution in [-0.2, 0) is 6.61 Å². The van der Waals surface area contributed by atoms with Gasteiger partial charge in [0, 0.05) is 11.8 Å². The highest BCUT2D eigenvalue weighted by Crippen LogP contribution is 2.25. The summed E-state index contributed by atoms with van der Waals surface area (Å²) in [7, 11) is 0. The molecule has 0 radical (unpaired) electrons. The van der Waals surface area contributed by atoms with Crippen LogP contribution in [0.25, 0.3) is 5.69 Å². The van der Waals surface area contributed by atoms with Crippen molar-refractivity contribution < 1.29 is 10.0 Å². The molecule has 6 nitrogen and oxygen atoms in total. The molecule has 0 saturated carbocycles. The zero-order chi connectivity index (χ0) is 13.3. The molecule has 1 N–H and O–H groups in total. The fraction of sp³-hybridized carbons (Fsp3) is 0.250. The van der Waals surface area contributed by atoms with Crippen molar-refractivity contribution in [1.29, 1.82) is 0 Å². The molecule has 0 aliphatic rings. The fourth-order valence-electron chi connectivity index (χ4n) is 1.87. The molecule has 6 heteroatoms. The molecule has 0 bridgehead atoms. The van der Waals surface area contributed by atoms with Crippen LogP contribution >= 0.6 is 0 Å². The number of aryl methyl sites for hydroxylation is 2. The van der Waals surface area contributed by atoms with Gasteiger partial charge < -0.3 is 5.11 Å². The van der Waals surface area contributed by atoms with Crippen LogP contribution in [0, 0.1) is 24.0 Å². The number of nitro groups is 1. The lowest BCUT2D eigenvalue weighted by molar-refractivity contribution is -0.384. The lowest BCUT2D eigenvalue weighted by Crippen LogP contribution is -2.04. The molecule has 1 aromatic heterocycles. The second-order valence-electron chi connectivity index (χ2n) is 4.08. The Kier molecular flexibility index (Phi) is 3.12. The minimum absolute atomic E-state index is 0.0623. The fourth-order valence-corrected chi connectivity index (χ4v) is 1.87. The van der Waals surface area contributed by atoms with Gasteiger partial charge >= 0.3 is 0 Å². The first-order valence-corrected chi connectivity index (χ1v) is 5.44. The Hall–Kier alpha value is -2.21. The predicted octanol–water partition coefficient (Wildman–Crippen LogP) is 1.89. The molecule has 2 rings (SSSR count). The standard InChI is InChI=1S/C12H13N3O3/c1-8-5-9(2)14(13-8)11-4-3-10(7-16)6-12(11)15(17)18/h3-6,16H,7H2,1-2H3. The molecule has 94 valence electrons. The van der Waals surface area contributed by atoms with E-state index >= 15 is 0 Å². The van der Waals surface area contributed by atoms with E-state index in [9.17, 15) is 10.1 Å². The molecule has 0 saturated heterocycles. The molecule has 0 aliphatic carbocycles. The van der Waals surface area contributed by atoms with E-state index < -0.39 is 4.92 Å². The first-order valence-electron chi connectivity index (χ1n) is 5.44. The summed E-state index contributed by atoms with van der Waals surface area (Å²) in [6.45, 7) is 3.44. The second-order valence-corrected chi connectivity index (χ2v) is 4.08. The quantitative estimate of drug-likeness (QED) is 0.663. The Morgan fingerprint density at radius 2 is 2.11 bits per heavy atom. The van der Waals surface area contributed by atoms with Crippen molar-refractivity contribution in [3.63, 3.8) is 0 Å². The van der Waals surface area contributed by atoms with Crippen LogP contribution in [0.3, 0.4) is 0 Å². The first-order chi connectivity index (χ1) is 8.52. The van der Waals surface area contributed by atoms with E-state index in [-0.39, 0.29) is 12.3 Å². The van der Waals surface area contributed by atoms with E-state index in [0.717, 1.165) is 11.4 Å².